The molecule has 0 unspecified atom stereocenters. The molecule has 0 aliphatic rings. The highest BCUT2D eigenvalue weighted by molar-refractivity contribution is 9.10. The maximum Gasteiger partial charge on any atom is 0.264 e. The lowest BCUT2D eigenvalue weighted by molar-refractivity contribution is -0.140. The van der Waals surface area contributed by atoms with Gasteiger partial charge in [0.1, 0.15) is 12.6 Å². The van der Waals surface area contributed by atoms with E-state index in [4.69, 9.17) is 11.6 Å². The van der Waals surface area contributed by atoms with Gasteiger partial charge in [-0.05, 0) is 79.1 Å². The number of nitrogens with one attached hydrogen (secondary N) is 1. The number of aryl methyl sites for hydroxylation is 1. The summed E-state index contributed by atoms with van der Waals surface area (Å²) < 4.78 is 30.0. The zero-order valence-corrected chi connectivity index (χ0v) is 27.1. The fourth-order valence-corrected chi connectivity index (χ4v) is 6.70. The zero-order chi connectivity index (χ0) is 31.0. The van der Waals surface area contributed by atoms with Crippen LogP contribution in [0.3, 0.4) is 0 Å². The summed E-state index contributed by atoms with van der Waals surface area (Å²) in [5.74, 6) is -0.844. The fourth-order valence-electron chi connectivity index (χ4n) is 4.72. The van der Waals surface area contributed by atoms with Gasteiger partial charge in [0, 0.05) is 29.0 Å². The highest BCUT2D eigenvalue weighted by atomic mass is 79.9. The second kappa shape index (κ2) is 14.7. The highest BCUT2D eigenvalue weighted by Crippen LogP contribution is 2.27. The molecule has 10 heteroatoms. The second-order valence-corrected chi connectivity index (χ2v) is 13.3. The Morgan fingerprint density at radius 2 is 1.56 bits per heavy atom. The first-order chi connectivity index (χ1) is 20.6. The molecule has 4 rings (SSSR count). The van der Waals surface area contributed by atoms with E-state index in [1.54, 1.807) is 18.2 Å². The SMILES string of the molecule is CCNC(=O)[C@H](Cc1ccccc1)N(Cc1cccc(Br)c1)C(=O)CN(c1cccc(C)c1)S(=O)(=O)c1ccc(Cl)cc1. The largest absolute Gasteiger partial charge is 0.355 e. The number of halogens is 2. The van der Waals surface area contributed by atoms with Crippen LogP contribution in [0.2, 0.25) is 5.02 Å². The predicted octanol–water partition coefficient (Wildman–Crippen LogP) is 6.38. The lowest BCUT2D eigenvalue weighted by atomic mass is 10.0. The molecule has 0 aliphatic heterocycles. The predicted molar refractivity (Wildman–Crippen MR) is 174 cm³/mol. The monoisotopic (exact) mass is 681 g/mol. The second-order valence-electron chi connectivity index (χ2n) is 10.1. The van der Waals surface area contributed by atoms with Gasteiger partial charge in [-0.25, -0.2) is 8.42 Å². The number of hydrogen-bond acceptors (Lipinski definition) is 4. The standard InChI is InChI=1S/C33H33BrClN3O4S/c1-3-36-33(40)31(21-25-10-5-4-6-11-25)37(22-26-12-8-13-27(34)20-26)32(39)23-38(29-14-7-9-24(2)19-29)43(41,42)30-17-15-28(35)16-18-30/h4-20,31H,3,21-23H2,1-2H3,(H,36,40)/t31-/m0/s1. The van der Waals surface area contributed by atoms with Gasteiger partial charge < -0.3 is 10.2 Å². The van der Waals surface area contributed by atoms with Crippen LogP contribution in [0.15, 0.2) is 112 Å². The van der Waals surface area contributed by atoms with E-state index < -0.39 is 28.5 Å². The van der Waals surface area contributed by atoms with Crippen molar-refractivity contribution in [2.75, 3.05) is 17.4 Å². The third-order valence-electron chi connectivity index (χ3n) is 6.83. The minimum absolute atomic E-state index is 0.00527. The maximum absolute atomic E-state index is 14.4. The number of benzene rings is 4. The number of amides is 2. The van der Waals surface area contributed by atoms with Crippen molar-refractivity contribution in [1.82, 2.24) is 10.2 Å². The van der Waals surface area contributed by atoms with Crippen LogP contribution >= 0.6 is 27.5 Å². The van der Waals surface area contributed by atoms with Gasteiger partial charge in [-0.2, -0.15) is 0 Å². The zero-order valence-electron chi connectivity index (χ0n) is 23.9. The van der Waals surface area contributed by atoms with Crippen LogP contribution in [-0.4, -0.2) is 44.3 Å². The number of carbonyl (C=O) groups excluding carboxylic acids is 2. The van der Waals surface area contributed by atoms with Crippen molar-refractivity contribution in [3.8, 4) is 0 Å². The molecule has 0 saturated heterocycles. The minimum Gasteiger partial charge on any atom is -0.355 e. The average Bonchev–Trinajstić information content (AvgIpc) is 2.98. The number of likely N-dealkylation sites (N-methyl/N-ethyl adjacent to an activating group) is 1. The molecule has 2 amide bonds. The van der Waals surface area contributed by atoms with E-state index in [-0.39, 0.29) is 23.8 Å². The Labute approximate surface area is 266 Å². The third-order valence-corrected chi connectivity index (χ3v) is 9.37. The summed E-state index contributed by atoms with van der Waals surface area (Å²) in [6, 6.07) is 28.8. The molecular weight excluding hydrogens is 650 g/mol. The molecule has 43 heavy (non-hydrogen) atoms. The Morgan fingerprint density at radius 3 is 2.21 bits per heavy atom. The highest BCUT2D eigenvalue weighted by Gasteiger charge is 2.34. The first kappa shape index (κ1) is 32.3. The van der Waals surface area contributed by atoms with E-state index >= 15 is 0 Å². The summed E-state index contributed by atoms with van der Waals surface area (Å²) in [6.45, 7) is 3.62. The van der Waals surface area contributed by atoms with E-state index in [0.717, 1.165) is 25.5 Å². The van der Waals surface area contributed by atoms with Crippen molar-refractivity contribution < 1.29 is 18.0 Å². The van der Waals surface area contributed by atoms with Gasteiger partial charge in [0.05, 0.1) is 10.6 Å². The van der Waals surface area contributed by atoms with Crippen molar-refractivity contribution in [2.45, 2.75) is 37.8 Å². The van der Waals surface area contributed by atoms with Gasteiger partial charge in [0.15, 0.2) is 0 Å². The number of rotatable bonds is 12. The van der Waals surface area contributed by atoms with Crippen molar-refractivity contribution >= 4 is 55.1 Å². The molecule has 7 nitrogen and oxygen atoms in total. The molecular formula is C33H33BrClN3O4S. The molecule has 0 heterocycles. The average molecular weight is 683 g/mol. The van der Waals surface area contributed by atoms with Crippen molar-refractivity contribution in [2.24, 2.45) is 0 Å². The van der Waals surface area contributed by atoms with E-state index in [9.17, 15) is 18.0 Å². The summed E-state index contributed by atoms with van der Waals surface area (Å²) in [4.78, 5) is 29.4. The lowest BCUT2D eigenvalue weighted by Crippen LogP contribution is -2.53. The van der Waals surface area contributed by atoms with E-state index in [1.807, 2.05) is 74.5 Å². The van der Waals surface area contributed by atoms with Crippen LogP contribution in [0.4, 0.5) is 5.69 Å². The van der Waals surface area contributed by atoms with Crippen molar-refractivity contribution in [1.29, 1.82) is 0 Å². The Hall–Kier alpha value is -3.66. The van der Waals surface area contributed by atoms with E-state index in [1.165, 1.54) is 29.2 Å². The normalized spacial score (nSPS) is 11.9. The van der Waals surface area contributed by atoms with Gasteiger partial charge in [0.2, 0.25) is 11.8 Å². The first-order valence-corrected chi connectivity index (χ1v) is 16.4. The van der Waals surface area contributed by atoms with Crippen LogP contribution in [0, 0.1) is 6.92 Å². The van der Waals surface area contributed by atoms with Gasteiger partial charge in [-0.3, -0.25) is 13.9 Å². The first-order valence-electron chi connectivity index (χ1n) is 13.8. The topological polar surface area (TPSA) is 86.8 Å². The molecule has 0 radical (unpaired) electrons. The summed E-state index contributed by atoms with van der Waals surface area (Å²) in [5.41, 5.74) is 2.82. The van der Waals surface area contributed by atoms with Gasteiger partial charge in [-0.15, -0.1) is 0 Å². The molecule has 4 aromatic carbocycles. The number of hydrogen-bond donors (Lipinski definition) is 1. The molecule has 0 spiro atoms. The molecule has 224 valence electrons. The molecule has 0 aliphatic carbocycles. The number of sulfonamides is 1. The Kier molecular flexibility index (Phi) is 11.0. The van der Waals surface area contributed by atoms with Gasteiger partial charge in [0.25, 0.3) is 10.0 Å². The fraction of sp³-hybridized carbons (Fsp3) is 0.212. The quantitative estimate of drug-likeness (QED) is 0.188. The number of carbonyl (C=O) groups is 2. The van der Waals surface area contributed by atoms with Gasteiger partial charge >= 0.3 is 0 Å². The third kappa shape index (κ3) is 8.46. The molecule has 0 aromatic heterocycles. The smallest absolute Gasteiger partial charge is 0.264 e. The summed E-state index contributed by atoms with van der Waals surface area (Å²) in [5, 5.41) is 3.26. The van der Waals surface area contributed by atoms with Crippen LogP contribution in [-0.2, 0) is 32.6 Å². The van der Waals surface area contributed by atoms with Crippen molar-refractivity contribution in [3.05, 3.63) is 129 Å². The van der Waals surface area contributed by atoms with Crippen LogP contribution < -0.4 is 9.62 Å². The Balaban J connectivity index is 1.80. The molecule has 1 atom stereocenters. The maximum atomic E-state index is 14.4. The molecule has 0 bridgehead atoms. The summed E-state index contributed by atoms with van der Waals surface area (Å²) >= 11 is 9.53. The van der Waals surface area contributed by atoms with Crippen LogP contribution in [0.1, 0.15) is 23.6 Å². The lowest BCUT2D eigenvalue weighted by Gasteiger charge is -2.34. The molecule has 4 aromatic rings. The van der Waals surface area contributed by atoms with Crippen LogP contribution in [0.25, 0.3) is 0 Å². The summed E-state index contributed by atoms with van der Waals surface area (Å²) in [6.07, 6.45) is 0.251. The minimum atomic E-state index is -4.19. The van der Waals surface area contributed by atoms with Crippen molar-refractivity contribution in [3.63, 3.8) is 0 Å². The van der Waals surface area contributed by atoms with Crippen LogP contribution in [0.5, 0.6) is 0 Å². The number of nitrogens with zero attached hydrogens (tertiary/aromatic N) is 2. The Morgan fingerprint density at radius 1 is 0.884 bits per heavy atom. The molecule has 0 fully saturated rings. The Bertz CT molecular complexity index is 1670. The molecule has 0 saturated carbocycles. The molecule has 1 N–H and O–H groups in total. The number of anilines is 1. The summed E-state index contributed by atoms with van der Waals surface area (Å²) in [7, 11) is -4.19. The van der Waals surface area contributed by atoms with E-state index in [2.05, 4.69) is 21.2 Å². The van der Waals surface area contributed by atoms with E-state index in [0.29, 0.717) is 17.3 Å². The van der Waals surface area contributed by atoms with Gasteiger partial charge in [-0.1, -0.05) is 82.1 Å².